The Morgan fingerprint density at radius 3 is 2.95 bits per heavy atom. The van der Waals surface area contributed by atoms with Crippen molar-refractivity contribution >= 4 is 17.2 Å². The molecule has 3 N–H and O–H groups in total. The van der Waals surface area contributed by atoms with E-state index in [-0.39, 0.29) is 5.91 Å². The van der Waals surface area contributed by atoms with Crippen LogP contribution in [0.25, 0.3) is 0 Å². The molecule has 2 aromatic heterocycles. The summed E-state index contributed by atoms with van der Waals surface area (Å²) in [6.07, 6.45) is 1.73. The fourth-order valence-electron chi connectivity index (χ4n) is 1.80. The topological polar surface area (TPSA) is 68.0 Å². The molecule has 0 aromatic carbocycles. The largest absolute Gasteiger partial charge is 0.346 e. The highest BCUT2D eigenvalue weighted by Gasteiger charge is 2.11. The number of rotatable bonds is 3. The molecule has 2 aromatic rings. The number of thiophene rings is 1. The van der Waals surface area contributed by atoms with Gasteiger partial charge in [-0.1, -0.05) is 17.9 Å². The van der Waals surface area contributed by atoms with Gasteiger partial charge in [0.1, 0.15) is 0 Å². The Morgan fingerprint density at radius 2 is 2.24 bits per heavy atom. The molecule has 0 radical (unpaired) electrons. The van der Waals surface area contributed by atoms with Crippen molar-refractivity contribution in [2.24, 2.45) is 5.73 Å². The van der Waals surface area contributed by atoms with Gasteiger partial charge in [0, 0.05) is 6.20 Å². The number of carbonyl (C=O) groups is 1. The SMILES string of the molecule is Cc1cccnc1CNC(=O)c1cc(C)c(C#CCN)s1. The number of nitrogens with two attached hydrogens (primary N) is 1. The molecule has 5 heteroatoms. The number of hydrogen-bond donors (Lipinski definition) is 2. The second-order valence-electron chi connectivity index (χ2n) is 4.58. The third-order valence-electron chi connectivity index (χ3n) is 2.98. The van der Waals surface area contributed by atoms with Crippen molar-refractivity contribution < 1.29 is 4.79 Å². The zero-order valence-electron chi connectivity index (χ0n) is 12.1. The maximum atomic E-state index is 12.2. The molecule has 0 aliphatic heterocycles. The van der Waals surface area contributed by atoms with Crippen molar-refractivity contribution in [2.75, 3.05) is 6.54 Å². The lowest BCUT2D eigenvalue weighted by Gasteiger charge is -2.05. The summed E-state index contributed by atoms with van der Waals surface area (Å²) in [6, 6.07) is 5.71. The first kappa shape index (κ1) is 15.2. The third-order valence-corrected chi connectivity index (χ3v) is 4.13. The first-order valence-corrected chi connectivity index (χ1v) is 7.41. The normalized spacial score (nSPS) is 9.86. The summed E-state index contributed by atoms with van der Waals surface area (Å²) in [5.74, 6) is 5.69. The maximum Gasteiger partial charge on any atom is 0.261 e. The molecule has 0 saturated carbocycles. The minimum atomic E-state index is -0.103. The van der Waals surface area contributed by atoms with E-state index in [1.54, 1.807) is 6.20 Å². The molecule has 0 atom stereocenters. The van der Waals surface area contributed by atoms with Gasteiger partial charge in [-0.15, -0.1) is 11.3 Å². The molecular weight excluding hydrogens is 282 g/mol. The Hall–Kier alpha value is -2.16. The van der Waals surface area contributed by atoms with Gasteiger partial charge >= 0.3 is 0 Å². The van der Waals surface area contributed by atoms with Crippen LogP contribution in [0.5, 0.6) is 0 Å². The Morgan fingerprint density at radius 1 is 1.43 bits per heavy atom. The molecule has 2 rings (SSSR count). The highest BCUT2D eigenvalue weighted by Crippen LogP contribution is 2.20. The first-order valence-electron chi connectivity index (χ1n) is 6.60. The third kappa shape index (κ3) is 3.91. The summed E-state index contributed by atoms with van der Waals surface area (Å²) < 4.78 is 0. The summed E-state index contributed by atoms with van der Waals surface area (Å²) in [6.45, 7) is 4.66. The van der Waals surface area contributed by atoms with Crippen molar-refractivity contribution in [2.45, 2.75) is 20.4 Å². The first-order chi connectivity index (χ1) is 10.1. The molecule has 0 unspecified atom stereocenters. The van der Waals surface area contributed by atoms with E-state index in [0.29, 0.717) is 18.0 Å². The molecule has 0 spiro atoms. The lowest BCUT2D eigenvalue weighted by atomic mass is 10.2. The van der Waals surface area contributed by atoms with Crippen LogP contribution in [0.15, 0.2) is 24.4 Å². The predicted molar refractivity (Wildman–Crippen MR) is 85.1 cm³/mol. The highest BCUT2D eigenvalue weighted by atomic mass is 32.1. The molecular formula is C16H17N3OS. The van der Waals surface area contributed by atoms with Gasteiger partial charge in [-0.25, -0.2) is 0 Å². The lowest BCUT2D eigenvalue weighted by Crippen LogP contribution is -2.22. The van der Waals surface area contributed by atoms with Gasteiger partial charge in [0.05, 0.1) is 28.5 Å². The summed E-state index contributed by atoms with van der Waals surface area (Å²) >= 11 is 1.39. The molecule has 2 heterocycles. The van der Waals surface area contributed by atoms with Crippen LogP contribution in [0.3, 0.4) is 0 Å². The molecule has 0 saturated heterocycles. The Balaban J connectivity index is 2.06. The molecule has 0 bridgehead atoms. The van der Waals surface area contributed by atoms with Gasteiger partial charge in [0.25, 0.3) is 5.91 Å². The van der Waals surface area contributed by atoms with E-state index < -0.39 is 0 Å². The van der Waals surface area contributed by atoms with E-state index in [9.17, 15) is 4.79 Å². The fourth-order valence-corrected chi connectivity index (χ4v) is 2.77. The second kappa shape index (κ2) is 7.02. The Bertz CT molecular complexity index is 710. The van der Waals surface area contributed by atoms with E-state index >= 15 is 0 Å². The second-order valence-corrected chi connectivity index (χ2v) is 5.63. The summed E-state index contributed by atoms with van der Waals surface area (Å²) in [5, 5.41) is 2.89. The van der Waals surface area contributed by atoms with Crippen molar-refractivity contribution in [1.82, 2.24) is 10.3 Å². The van der Waals surface area contributed by atoms with Crippen LogP contribution in [0.4, 0.5) is 0 Å². The van der Waals surface area contributed by atoms with Crippen molar-refractivity contribution in [3.05, 3.63) is 51.0 Å². The van der Waals surface area contributed by atoms with Crippen LogP contribution in [0.2, 0.25) is 0 Å². The fraction of sp³-hybridized carbons (Fsp3) is 0.250. The lowest BCUT2D eigenvalue weighted by molar-refractivity contribution is 0.0954. The number of nitrogens with zero attached hydrogens (tertiary/aromatic N) is 1. The van der Waals surface area contributed by atoms with Crippen molar-refractivity contribution in [3.63, 3.8) is 0 Å². The van der Waals surface area contributed by atoms with Gasteiger partial charge in [0.15, 0.2) is 0 Å². The average Bonchev–Trinajstić information content (AvgIpc) is 2.85. The Kier molecular flexibility index (Phi) is 5.09. The van der Waals surface area contributed by atoms with Crippen LogP contribution in [0.1, 0.15) is 31.4 Å². The van der Waals surface area contributed by atoms with Gasteiger partial charge in [-0.2, -0.15) is 0 Å². The number of amides is 1. The van der Waals surface area contributed by atoms with Crippen molar-refractivity contribution in [1.29, 1.82) is 0 Å². The van der Waals surface area contributed by atoms with Crippen LogP contribution in [0, 0.1) is 25.7 Å². The monoisotopic (exact) mass is 299 g/mol. The zero-order chi connectivity index (χ0) is 15.2. The number of hydrogen-bond acceptors (Lipinski definition) is 4. The standard InChI is InChI=1S/C16H17N3OS/c1-11-5-4-8-18-13(11)10-19-16(20)15-9-12(2)14(21-15)6-3-7-17/h4-5,8-9H,7,10,17H2,1-2H3,(H,19,20). The van der Waals surface area contributed by atoms with E-state index in [0.717, 1.165) is 21.7 Å². The van der Waals surface area contributed by atoms with Crippen molar-refractivity contribution in [3.8, 4) is 11.8 Å². The van der Waals surface area contributed by atoms with Crippen LogP contribution >= 0.6 is 11.3 Å². The minimum Gasteiger partial charge on any atom is -0.346 e. The molecule has 0 aliphatic rings. The molecule has 21 heavy (non-hydrogen) atoms. The Labute approximate surface area is 128 Å². The van der Waals surface area contributed by atoms with E-state index in [2.05, 4.69) is 22.1 Å². The number of carbonyl (C=O) groups excluding carboxylic acids is 1. The van der Waals surface area contributed by atoms with Crippen LogP contribution in [-0.4, -0.2) is 17.4 Å². The van der Waals surface area contributed by atoms with E-state index in [1.807, 2.05) is 32.0 Å². The van der Waals surface area contributed by atoms with E-state index in [1.165, 1.54) is 11.3 Å². The maximum absolute atomic E-state index is 12.2. The summed E-state index contributed by atoms with van der Waals surface area (Å²) in [5.41, 5.74) is 8.31. The zero-order valence-corrected chi connectivity index (χ0v) is 12.9. The smallest absolute Gasteiger partial charge is 0.261 e. The van der Waals surface area contributed by atoms with Gasteiger partial charge in [-0.05, 0) is 37.1 Å². The average molecular weight is 299 g/mol. The predicted octanol–water partition coefficient (Wildman–Crippen LogP) is 2.00. The number of nitrogens with one attached hydrogen (secondary N) is 1. The highest BCUT2D eigenvalue weighted by molar-refractivity contribution is 7.14. The van der Waals surface area contributed by atoms with Gasteiger partial charge in [0.2, 0.25) is 0 Å². The van der Waals surface area contributed by atoms with Crippen LogP contribution in [-0.2, 0) is 6.54 Å². The number of pyridine rings is 1. The summed E-state index contributed by atoms with van der Waals surface area (Å²) in [7, 11) is 0. The van der Waals surface area contributed by atoms with Gasteiger partial charge < -0.3 is 11.1 Å². The molecule has 0 fully saturated rings. The summed E-state index contributed by atoms with van der Waals surface area (Å²) in [4.78, 5) is 18.0. The molecule has 4 nitrogen and oxygen atoms in total. The van der Waals surface area contributed by atoms with Gasteiger partial charge in [-0.3, -0.25) is 9.78 Å². The number of aromatic nitrogens is 1. The minimum absolute atomic E-state index is 0.103. The molecule has 0 aliphatic carbocycles. The molecule has 108 valence electrons. The number of aryl methyl sites for hydroxylation is 2. The van der Waals surface area contributed by atoms with Crippen LogP contribution < -0.4 is 11.1 Å². The quantitative estimate of drug-likeness (QED) is 0.852. The molecule has 1 amide bonds. The van der Waals surface area contributed by atoms with E-state index in [4.69, 9.17) is 5.73 Å².